The van der Waals surface area contributed by atoms with Gasteiger partial charge in [0.15, 0.2) is 0 Å². The third-order valence-electron chi connectivity index (χ3n) is 5.68. The highest BCUT2D eigenvalue weighted by Crippen LogP contribution is 2.34. The molecule has 8 nitrogen and oxygen atoms in total. The van der Waals surface area contributed by atoms with E-state index in [2.05, 4.69) is 10.3 Å². The standard InChI is InChI=1S/C16H16F3N3O2S.C10H7F3N2O/c1-15(2)8-12(21-24-15)25-9-11-13(16(17,18)19)20-22(14(11)23)10-6-4-3-5-7-10;11-10(12,13)8-6-9(16)15(14-8)7-4-2-1-3-5-7/h3-7,20H,8-9H2,1-2H3;1-6,14H. The van der Waals surface area contributed by atoms with Crippen LogP contribution >= 0.6 is 11.8 Å². The maximum absolute atomic E-state index is 13.3. The number of nitrogens with zero attached hydrogens (tertiary/aromatic N) is 3. The number of halogens is 6. The summed E-state index contributed by atoms with van der Waals surface area (Å²) in [4.78, 5) is 29.0. The molecule has 0 saturated heterocycles. The maximum atomic E-state index is 13.3. The summed E-state index contributed by atoms with van der Waals surface area (Å²) >= 11 is 1.08. The van der Waals surface area contributed by atoms with Gasteiger partial charge < -0.3 is 4.84 Å². The van der Waals surface area contributed by atoms with Gasteiger partial charge in [-0.3, -0.25) is 19.8 Å². The fraction of sp³-hybridized carbons (Fsp3) is 0.269. The van der Waals surface area contributed by atoms with Gasteiger partial charge in [0.05, 0.1) is 16.9 Å². The van der Waals surface area contributed by atoms with Gasteiger partial charge in [-0.15, -0.1) is 11.8 Å². The molecule has 0 bridgehead atoms. The van der Waals surface area contributed by atoms with Crippen LogP contribution in [-0.2, 0) is 22.9 Å². The van der Waals surface area contributed by atoms with E-state index in [9.17, 15) is 35.9 Å². The van der Waals surface area contributed by atoms with Gasteiger partial charge in [0.2, 0.25) is 0 Å². The monoisotopic (exact) mass is 599 g/mol. The Kier molecular flexibility index (Phi) is 8.29. The molecule has 0 amide bonds. The molecule has 2 aromatic carbocycles. The van der Waals surface area contributed by atoms with Gasteiger partial charge in [-0.2, -0.15) is 26.3 Å². The molecule has 0 aliphatic carbocycles. The van der Waals surface area contributed by atoms with E-state index in [0.717, 1.165) is 21.1 Å². The van der Waals surface area contributed by atoms with Crippen LogP contribution in [0.25, 0.3) is 11.4 Å². The molecule has 15 heteroatoms. The molecule has 2 N–H and O–H groups in total. The Morgan fingerprint density at radius 1 is 0.878 bits per heavy atom. The molecular weight excluding hydrogens is 576 g/mol. The van der Waals surface area contributed by atoms with E-state index < -0.39 is 40.5 Å². The Hall–Kier alpha value is -4.14. The molecule has 1 aliphatic rings. The number of nitrogens with one attached hydrogen (secondary N) is 2. The number of hydrogen-bond acceptors (Lipinski definition) is 5. The summed E-state index contributed by atoms with van der Waals surface area (Å²) in [7, 11) is 0. The first-order valence-corrected chi connectivity index (χ1v) is 12.9. The maximum Gasteiger partial charge on any atom is 0.433 e. The van der Waals surface area contributed by atoms with E-state index in [0.29, 0.717) is 28.9 Å². The second kappa shape index (κ2) is 11.4. The van der Waals surface area contributed by atoms with Crippen molar-refractivity contribution in [2.45, 2.75) is 44.0 Å². The molecule has 3 heterocycles. The Morgan fingerprint density at radius 3 is 1.90 bits per heavy atom. The number of rotatable bonds is 4. The number of hydrogen-bond donors (Lipinski definition) is 2. The average Bonchev–Trinajstić information content (AvgIpc) is 3.58. The van der Waals surface area contributed by atoms with Crippen LogP contribution in [-0.4, -0.2) is 30.2 Å². The number of thioether (sulfide) groups is 1. The molecule has 41 heavy (non-hydrogen) atoms. The Bertz CT molecular complexity index is 1630. The Labute approximate surface area is 232 Å². The summed E-state index contributed by atoms with van der Waals surface area (Å²) in [6, 6.07) is 16.7. The molecular formula is C26H23F6N5O3S. The fourth-order valence-corrected chi connectivity index (χ4v) is 4.86. The zero-order valence-corrected chi connectivity index (χ0v) is 22.3. The Balaban J connectivity index is 0.000000208. The summed E-state index contributed by atoms with van der Waals surface area (Å²) in [5, 5.41) is 8.65. The van der Waals surface area contributed by atoms with Gasteiger partial charge in [0.25, 0.3) is 11.1 Å². The Morgan fingerprint density at radius 2 is 1.44 bits per heavy atom. The van der Waals surface area contributed by atoms with Crippen LogP contribution < -0.4 is 11.1 Å². The minimum atomic E-state index is -4.65. The van der Waals surface area contributed by atoms with Gasteiger partial charge in [-0.1, -0.05) is 41.6 Å². The molecule has 1 aliphatic heterocycles. The van der Waals surface area contributed by atoms with Crippen LogP contribution in [0.2, 0.25) is 0 Å². The van der Waals surface area contributed by atoms with Crippen LogP contribution in [0.3, 0.4) is 0 Å². The lowest BCUT2D eigenvalue weighted by Gasteiger charge is -2.13. The van der Waals surface area contributed by atoms with E-state index in [1.165, 1.54) is 12.1 Å². The SMILES string of the molecule is CC1(C)CC(SCc2c(C(F)(F)F)[nH]n(-c3ccccc3)c2=O)=NO1.O=c1cc(C(F)(F)F)[nH]n1-c1ccccc1. The van der Waals surface area contributed by atoms with Crippen molar-refractivity contribution >= 4 is 16.8 Å². The van der Waals surface area contributed by atoms with Gasteiger partial charge in [-0.25, -0.2) is 9.36 Å². The van der Waals surface area contributed by atoms with Crippen molar-refractivity contribution in [2.24, 2.45) is 5.16 Å². The van der Waals surface area contributed by atoms with Crippen molar-refractivity contribution in [2.75, 3.05) is 0 Å². The van der Waals surface area contributed by atoms with Crippen LogP contribution in [0, 0.1) is 0 Å². The van der Waals surface area contributed by atoms with Crippen LogP contribution in [0.1, 0.15) is 37.2 Å². The normalized spacial score (nSPS) is 14.7. The molecule has 218 valence electrons. The van der Waals surface area contributed by atoms with Crippen molar-refractivity contribution in [3.63, 3.8) is 0 Å². The van der Waals surface area contributed by atoms with Gasteiger partial charge >= 0.3 is 12.4 Å². The number of para-hydroxylation sites is 2. The lowest BCUT2D eigenvalue weighted by Crippen LogP contribution is -2.19. The molecule has 0 radical (unpaired) electrons. The average molecular weight is 600 g/mol. The summed E-state index contributed by atoms with van der Waals surface area (Å²) < 4.78 is 78.7. The van der Waals surface area contributed by atoms with E-state index in [1.807, 2.05) is 18.9 Å². The van der Waals surface area contributed by atoms with Gasteiger partial charge in [0, 0.05) is 18.2 Å². The fourth-order valence-electron chi connectivity index (χ4n) is 3.75. The molecule has 2 aromatic heterocycles. The summed E-state index contributed by atoms with van der Waals surface area (Å²) in [5.41, 5.74) is -3.64. The second-order valence-corrected chi connectivity index (χ2v) is 10.5. The smallest absolute Gasteiger partial charge is 0.389 e. The molecule has 5 rings (SSSR count). The van der Waals surface area contributed by atoms with Crippen molar-refractivity contribution in [3.05, 3.63) is 104 Å². The predicted molar refractivity (Wildman–Crippen MR) is 141 cm³/mol. The quantitative estimate of drug-likeness (QED) is 0.277. The molecule has 0 fully saturated rings. The van der Waals surface area contributed by atoms with Crippen LogP contribution in [0.4, 0.5) is 26.3 Å². The largest absolute Gasteiger partial charge is 0.433 e. The third-order valence-corrected chi connectivity index (χ3v) is 6.66. The first-order chi connectivity index (χ1) is 19.2. The molecule has 0 atom stereocenters. The highest BCUT2D eigenvalue weighted by atomic mass is 32.2. The van der Waals surface area contributed by atoms with E-state index in [1.54, 1.807) is 48.5 Å². The van der Waals surface area contributed by atoms with Crippen molar-refractivity contribution in [1.82, 2.24) is 19.6 Å². The first kappa shape index (κ1) is 29.8. The topological polar surface area (TPSA) is 97.2 Å². The highest BCUT2D eigenvalue weighted by Gasteiger charge is 2.38. The van der Waals surface area contributed by atoms with Crippen LogP contribution in [0.15, 0.2) is 81.5 Å². The number of H-pyrrole nitrogens is 2. The second-order valence-electron chi connectivity index (χ2n) is 9.42. The lowest BCUT2D eigenvalue weighted by molar-refractivity contribution is -0.142. The summed E-state index contributed by atoms with van der Waals surface area (Å²) in [6.07, 6.45) is -8.70. The van der Waals surface area contributed by atoms with E-state index in [4.69, 9.17) is 4.84 Å². The van der Waals surface area contributed by atoms with Crippen molar-refractivity contribution in [1.29, 1.82) is 0 Å². The minimum absolute atomic E-state index is 0.137. The van der Waals surface area contributed by atoms with Crippen molar-refractivity contribution < 1.29 is 31.2 Å². The summed E-state index contributed by atoms with van der Waals surface area (Å²) in [5.74, 6) is -0.137. The zero-order chi connectivity index (χ0) is 30.0. The number of aromatic amines is 2. The molecule has 0 saturated carbocycles. The third kappa shape index (κ3) is 7.14. The first-order valence-electron chi connectivity index (χ1n) is 11.9. The number of aromatic nitrogens is 4. The number of oxime groups is 1. The minimum Gasteiger partial charge on any atom is -0.389 e. The molecule has 0 spiro atoms. The van der Waals surface area contributed by atoms with Crippen LogP contribution in [0.5, 0.6) is 0 Å². The van der Waals surface area contributed by atoms with E-state index in [-0.39, 0.29) is 11.3 Å². The predicted octanol–water partition coefficient (Wildman–Crippen LogP) is 6.11. The molecule has 0 unspecified atom stereocenters. The van der Waals surface area contributed by atoms with Gasteiger partial charge in [-0.05, 0) is 38.1 Å². The van der Waals surface area contributed by atoms with Gasteiger partial charge in [0.1, 0.15) is 22.0 Å². The zero-order valence-electron chi connectivity index (χ0n) is 21.5. The highest BCUT2D eigenvalue weighted by molar-refractivity contribution is 8.13. The lowest BCUT2D eigenvalue weighted by atomic mass is 10.1. The number of benzene rings is 2. The van der Waals surface area contributed by atoms with E-state index >= 15 is 0 Å². The summed E-state index contributed by atoms with van der Waals surface area (Å²) in [6.45, 7) is 3.67. The number of alkyl halides is 6. The molecule has 4 aromatic rings. The van der Waals surface area contributed by atoms with Crippen molar-refractivity contribution in [3.8, 4) is 11.4 Å².